The molecule has 134 valence electrons. The highest BCUT2D eigenvalue weighted by Gasteiger charge is 2.36. The van der Waals surface area contributed by atoms with Crippen LogP contribution in [0.1, 0.15) is 27.2 Å². The molecule has 0 radical (unpaired) electrons. The zero-order valence-corrected chi connectivity index (χ0v) is 14.9. The molecule has 1 N–H and O–H groups in total. The van der Waals surface area contributed by atoms with Crippen molar-refractivity contribution < 1.29 is 14.7 Å². The summed E-state index contributed by atoms with van der Waals surface area (Å²) in [5, 5.41) is 9.64. The van der Waals surface area contributed by atoms with Crippen LogP contribution in [0, 0.1) is 13.8 Å². The molecule has 1 aliphatic heterocycles. The van der Waals surface area contributed by atoms with E-state index in [9.17, 15) is 14.7 Å². The fraction of sp³-hybridized carbons (Fsp3) is 0.143. The van der Waals surface area contributed by atoms with Gasteiger partial charge in [-0.15, -0.1) is 0 Å². The van der Waals surface area contributed by atoms with Crippen LogP contribution in [0.25, 0.3) is 11.4 Å². The molecule has 0 spiro atoms. The standard InChI is InChI=1S/C21H17N3O3/c1-12-7-9-14(10-8-12)19-22-18(21(26)27)15-11-17(25)24(20(15)23-19)16-6-4-3-5-13(16)2/h3-10H,11H2,1-2H3,(H,26,27). The molecule has 0 aliphatic carbocycles. The first-order valence-corrected chi connectivity index (χ1v) is 8.55. The van der Waals surface area contributed by atoms with Gasteiger partial charge in [0.05, 0.1) is 12.1 Å². The van der Waals surface area contributed by atoms with E-state index in [2.05, 4.69) is 9.97 Å². The minimum atomic E-state index is -1.17. The third-order valence-corrected chi connectivity index (χ3v) is 4.64. The van der Waals surface area contributed by atoms with Gasteiger partial charge in [0, 0.05) is 11.1 Å². The summed E-state index contributed by atoms with van der Waals surface area (Å²) in [5.74, 6) is -0.740. The average molecular weight is 359 g/mol. The van der Waals surface area contributed by atoms with Gasteiger partial charge in [-0.1, -0.05) is 48.0 Å². The minimum Gasteiger partial charge on any atom is -0.476 e. The summed E-state index contributed by atoms with van der Waals surface area (Å²) < 4.78 is 0. The highest BCUT2D eigenvalue weighted by atomic mass is 16.4. The lowest BCUT2D eigenvalue weighted by Gasteiger charge is -2.19. The number of amides is 1. The zero-order chi connectivity index (χ0) is 19.1. The van der Waals surface area contributed by atoms with Crippen LogP contribution in [0.15, 0.2) is 48.5 Å². The van der Waals surface area contributed by atoms with Gasteiger partial charge < -0.3 is 5.11 Å². The number of rotatable bonds is 3. The quantitative estimate of drug-likeness (QED) is 0.771. The summed E-state index contributed by atoms with van der Waals surface area (Å²) in [7, 11) is 0. The van der Waals surface area contributed by atoms with Crippen molar-refractivity contribution in [1.29, 1.82) is 0 Å². The summed E-state index contributed by atoms with van der Waals surface area (Å²) >= 11 is 0. The number of aromatic nitrogens is 2. The van der Waals surface area contributed by atoms with E-state index in [1.807, 2.05) is 62.4 Å². The second-order valence-electron chi connectivity index (χ2n) is 6.56. The van der Waals surface area contributed by atoms with Crippen molar-refractivity contribution >= 4 is 23.4 Å². The van der Waals surface area contributed by atoms with Crippen LogP contribution in [0.2, 0.25) is 0 Å². The summed E-state index contributed by atoms with van der Waals surface area (Å²) in [6.45, 7) is 3.87. The smallest absolute Gasteiger partial charge is 0.355 e. The van der Waals surface area contributed by atoms with Crippen molar-refractivity contribution in [2.75, 3.05) is 4.90 Å². The van der Waals surface area contributed by atoms with Crippen LogP contribution < -0.4 is 4.90 Å². The molecule has 0 fully saturated rings. The topological polar surface area (TPSA) is 83.4 Å². The number of para-hydroxylation sites is 1. The van der Waals surface area contributed by atoms with Crippen molar-refractivity contribution in [2.45, 2.75) is 20.3 Å². The molecule has 27 heavy (non-hydrogen) atoms. The van der Waals surface area contributed by atoms with Gasteiger partial charge in [-0.3, -0.25) is 9.69 Å². The SMILES string of the molecule is Cc1ccc(-c2nc(C(=O)O)c3c(n2)N(c2ccccc2C)C(=O)C3)cc1. The molecule has 0 saturated heterocycles. The minimum absolute atomic E-state index is 0.0283. The number of hydrogen-bond donors (Lipinski definition) is 1. The fourth-order valence-corrected chi connectivity index (χ4v) is 3.24. The van der Waals surface area contributed by atoms with E-state index in [1.165, 1.54) is 4.90 Å². The Morgan fingerprint density at radius 1 is 1.04 bits per heavy atom. The van der Waals surface area contributed by atoms with Gasteiger partial charge in [-0.05, 0) is 25.5 Å². The number of aryl methyl sites for hydroxylation is 2. The van der Waals surface area contributed by atoms with Gasteiger partial charge in [-0.2, -0.15) is 0 Å². The van der Waals surface area contributed by atoms with Crippen LogP contribution in [0.3, 0.4) is 0 Å². The molecule has 0 atom stereocenters. The molecule has 6 nitrogen and oxygen atoms in total. The zero-order valence-electron chi connectivity index (χ0n) is 14.9. The lowest BCUT2D eigenvalue weighted by Crippen LogP contribution is -2.22. The fourth-order valence-electron chi connectivity index (χ4n) is 3.24. The second kappa shape index (κ2) is 6.32. The Bertz CT molecular complexity index is 1070. The maximum Gasteiger partial charge on any atom is 0.355 e. The monoisotopic (exact) mass is 359 g/mol. The molecule has 1 amide bonds. The molecule has 1 aromatic heterocycles. The summed E-state index contributed by atoms with van der Waals surface area (Å²) in [6, 6.07) is 15.0. The number of benzene rings is 2. The number of nitrogens with zero attached hydrogens (tertiary/aromatic N) is 3. The molecule has 2 aromatic carbocycles. The molecule has 1 aliphatic rings. The van der Waals surface area contributed by atoms with Crippen LogP contribution in [-0.4, -0.2) is 27.0 Å². The molecule has 0 unspecified atom stereocenters. The molecule has 6 heteroatoms. The Labute approximate surface area is 156 Å². The van der Waals surface area contributed by atoms with E-state index in [0.717, 1.165) is 11.1 Å². The van der Waals surface area contributed by atoms with E-state index < -0.39 is 5.97 Å². The number of carbonyl (C=O) groups excluding carboxylic acids is 1. The molecular weight excluding hydrogens is 342 g/mol. The maximum atomic E-state index is 12.7. The molecule has 2 heterocycles. The number of carboxylic acids is 1. The van der Waals surface area contributed by atoms with Crippen molar-refractivity contribution in [2.24, 2.45) is 0 Å². The first-order valence-electron chi connectivity index (χ1n) is 8.55. The maximum absolute atomic E-state index is 12.7. The van der Waals surface area contributed by atoms with Crippen molar-refractivity contribution in [3.8, 4) is 11.4 Å². The molecule has 0 saturated carbocycles. The normalized spacial score (nSPS) is 13.0. The van der Waals surface area contributed by atoms with Crippen LogP contribution in [0.4, 0.5) is 11.5 Å². The lowest BCUT2D eigenvalue weighted by molar-refractivity contribution is -0.116. The third kappa shape index (κ3) is 2.85. The Morgan fingerprint density at radius 3 is 2.41 bits per heavy atom. The summed E-state index contributed by atoms with van der Waals surface area (Å²) in [4.78, 5) is 34.8. The first-order chi connectivity index (χ1) is 13.0. The highest BCUT2D eigenvalue weighted by molar-refractivity contribution is 6.09. The lowest BCUT2D eigenvalue weighted by atomic mass is 10.1. The third-order valence-electron chi connectivity index (χ3n) is 4.64. The molecular formula is C21H17N3O3. The number of hydrogen-bond acceptors (Lipinski definition) is 4. The van der Waals surface area contributed by atoms with Crippen LogP contribution in [0.5, 0.6) is 0 Å². The number of carboxylic acid groups (broad SMARTS) is 1. The predicted octanol–water partition coefficient (Wildman–Crippen LogP) is 3.68. The van der Waals surface area contributed by atoms with E-state index in [4.69, 9.17) is 0 Å². The van der Waals surface area contributed by atoms with Crippen molar-refractivity contribution in [3.05, 3.63) is 70.9 Å². The van der Waals surface area contributed by atoms with Gasteiger partial charge in [0.15, 0.2) is 11.5 Å². The number of fused-ring (bicyclic) bond motifs is 1. The average Bonchev–Trinajstić information content (AvgIpc) is 2.97. The van der Waals surface area contributed by atoms with E-state index in [-0.39, 0.29) is 18.0 Å². The first kappa shape index (κ1) is 16.9. The Kier molecular flexibility index (Phi) is 3.96. The van der Waals surface area contributed by atoms with Gasteiger partial charge in [0.2, 0.25) is 5.91 Å². The van der Waals surface area contributed by atoms with Gasteiger partial charge >= 0.3 is 5.97 Å². The van der Waals surface area contributed by atoms with Gasteiger partial charge in [0.1, 0.15) is 5.82 Å². The van der Waals surface area contributed by atoms with Crippen LogP contribution >= 0.6 is 0 Å². The molecule has 4 rings (SSSR count). The number of aromatic carboxylic acids is 1. The highest BCUT2D eigenvalue weighted by Crippen LogP contribution is 2.38. The van der Waals surface area contributed by atoms with Gasteiger partial charge in [-0.25, -0.2) is 14.8 Å². The molecule has 3 aromatic rings. The Hall–Kier alpha value is -3.54. The summed E-state index contributed by atoms with van der Waals surface area (Å²) in [6.07, 6.45) is -0.0283. The Balaban J connectivity index is 1.94. The second-order valence-corrected chi connectivity index (χ2v) is 6.56. The Morgan fingerprint density at radius 2 is 1.74 bits per heavy atom. The van der Waals surface area contributed by atoms with Crippen molar-refractivity contribution in [3.63, 3.8) is 0 Å². The predicted molar refractivity (Wildman–Crippen MR) is 101 cm³/mol. The summed E-state index contributed by atoms with van der Waals surface area (Å²) in [5.41, 5.74) is 3.62. The van der Waals surface area contributed by atoms with Gasteiger partial charge in [0.25, 0.3) is 0 Å². The largest absolute Gasteiger partial charge is 0.476 e. The number of anilines is 2. The van der Waals surface area contributed by atoms with E-state index in [0.29, 0.717) is 28.5 Å². The van der Waals surface area contributed by atoms with Crippen molar-refractivity contribution in [1.82, 2.24) is 9.97 Å². The number of carbonyl (C=O) groups is 2. The van der Waals surface area contributed by atoms with E-state index in [1.54, 1.807) is 0 Å². The molecule has 0 bridgehead atoms. The van der Waals surface area contributed by atoms with Crippen LogP contribution in [-0.2, 0) is 11.2 Å². The van der Waals surface area contributed by atoms with E-state index >= 15 is 0 Å².